The average molecular weight is 248 g/mol. The van der Waals surface area contributed by atoms with E-state index < -0.39 is 18.4 Å². The van der Waals surface area contributed by atoms with Gasteiger partial charge < -0.3 is 18.9 Å². The van der Waals surface area contributed by atoms with Crippen LogP contribution in [0.2, 0.25) is 0 Å². The summed E-state index contributed by atoms with van der Waals surface area (Å²) < 4.78 is 20.9. The quantitative estimate of drug-likeness (QED) is 0.459. The predicted molar refractivity (Wildman–Crippen MR) is 63.7 cm³/mol. The Morgan fingerprint density at radius 3 is 1.94 bits per heavy atom. The molecule has 3 atom stereocenters. The maximum atomic E-state index is 11.8. The first kappa shape index (κ1) is 16.4. The summed E-state index contributed by atoms with van der Waals surface area (Å²) in [7, 11) is 0. The maximum absolute atomic E-state index is 11.8. The summed E-state index contributed by atoms with van der Waals surface area (Å²) in [6.45, 7) is 10.5. The van der Waals surface area contributed by atoms with Crippen LogP contribution in [0.4, 0.5) is 0 Å². The van der Waals surface area contributed by atoms with Gasteiger partial charge in [-0.2, -0.15) is 0 Å². The van der Waals surface area contributed by atoms with Gasteiger partial charge in [0, 0.05) is 19.8 Å². The molecule has 0 radical (unpaired) electrons. The molecule has 0 rings (SSSR count). The minimum absolute atomic E-state index is 0.332. The first-order valence-electron chi connectivity index (χ1n) is 6.12. The first-order valence-corrected chi connectivity index (χ1v) is 6.12. The molecule has 0 bridgehead atoms. The Balaban J connectivity index is 4.32. The Morgan fingerprint density at radius 2 is 1.47 bits per heavy atom. The van der Waals surface area contributed by atoms with Crippen molar-refractivity contribution in [3.8, 4) is 0 Å². The fraction of sp³-hybridized carbons (Fsp3) is 0.917. The van der Waals surface area contributed by atoms with Gasteiger partial charge in [0.1, 0.15) is 0 Å². The molecule has 102 valence electrons. The second-order valence-corrected chi connectivity index (χ2v) is 3.50. The van der Waals surface area contributed by atoms with Crippen molar-refractivity contribution in [2.24, 2.45) is 0 Å². The van der Waals surface area contributed by atoms with Crippen LogP contribution in [0.5, 0.6) is 0 Å². The Morgan fingerprint density at radius 1 is 0.941 bits per heavy atom. The second kappa shape index (κ2) is 9.39. The second-order valence-electron chi connectivity index (χ2n) is 3.50. The van der Waals surface area contributed by atoms with Gasteiger partial charge in [-0.15, -0.1) is 0 Å². The molecule has 0 aliphatic rings. The summed E-state index contributed by atoms with van der Waals surface area (Å²) >= 11 is 0. The molecule has 5 heteroatoms. The summed E-state index contributed by atoms with van der Waals surface area (Å²) in [5, 5.41) is 0. The number of carbonyl (C=O) groups is 1. The lowest BCUT2D eigenvalue weighted by molar-refractivity contribution is -0.193. The molecule has 0 aromatic heterocycles. The van der Waals surface area contributed by atoms with Crippen LogP contribution in [0.25, 0.3) is 0 Å². The van der Waals surface area contributed by atoms with Crippen LogP contribution in [0.15, 0.2) is 0 Å². The molecule has 0 aromatic carbocycles. The summed E-state index contributed by atoms with van der Waals surface area (Å²) in [5.74, 6) is -0.450. The van der Waals surface area contributed by atoms with E-state index in [-0.39, 0.29) is 6.10 Å². The fourth-order valence-corrected chi connectivity index (χ4v) is 1.42. The van der Waals surface area contributed by atoms with E-state index in [0.29, 0.717) is 19.8 Å². The van der Waals surface area contributed by atoms with Crippen molar-refractivity contribution in [2.45, 2.75) is 53.1 Å². The van der Waals surface area contributed by atoms with Gasteiger partial charge in [-0.25, -0.2) is 4.79 Å². The van der Waals surface area contributed by atoms with Crippen molar-refractivity contribution in [3.63, 3.8) is 0 Å². The van der Waals surface area contributed by atoms with Gasteiger partial charge in [-0.3, -0.25) is 0 Å². The minimum atomic E-state index is -0.706. The normalized spacial score (nSPS) is 16.3. The molecule has 0 aliphatic heterocycles. The SMILES string of the molecule is CCOC(C)OC(=O)C(OCC)C(C)OCC. The zero-order valence-electron chi connectivity index (χ0n) is 11.4. The minimum Gasteiger partial charge on any atom is -0.434 e. The topological polar surface area (TPSA) is 54.0 Å². The average Bonchev–Trinajstić information content (AvgIpc) is 2.26. The summed E-state index contributed by atoms with van der Waals surface area (Å²) in [4.78, 5) is 11.8. The summed E-state index contributed by atoms with van der Waals surface area (Å²) in [6.07, 6.45) is -1.60. The lowest BCUT2D eigenvalue weighted by atomic mass is 10.2. The van der Waals surface area contributed by atoms with Gasteiger partial charge in [-0.05, 0) is 34.6 Å². The van der Waals surface area contributed by atoms with Gasteiger partial charge in [0.05, 0.1) is 6.10 Å². The van der Waals surface area contributed by atoms with Crippen LogP contribution in [-0.2, 0) is 23.7 Å². The highest BCUT2D eigenvalue weighted by Gasteiger charge is 2.29. The molecule has 0 fully saturated rings. The van der Waals surface area contributed by atoms with Crippen LogP contribution < -0.4 is 0 Å². The van der Waals surface area contributed by atoms with E-state index in [1.807, 2.05) is 20.8 Å². The molecule has 0 N–H and O–H groups in total. The van der Waals surface area contributed by atoms with Gasteiger partial charge in [-0.1, -0.05) is 0 Å². The highest BCUT2D eigenvalue weighted by Crippen LogP contribution is 2.08. The van der Waals surface area contributed by atoms with Crippen molar-refractivity contribution in [1.82, 2.24) is 0 Å². The number of carbonyl (C=O) groups excluding carboxylic acids is 1. The molecule has 0 heterocycles. The van der Waals surface area contributed by atoms with Crippen molar-refractivity contribution in [2.75, 3.05) is 19.8 Å². The highest BCUT2D eigenvalue weighted by atomic mass is 16.7. The van der Waals surface area contributed by atoms with Gasteiger partial charge >= 0.3 is 5.97 Å². The number of hydrogen-bond acceptors (Lipinski definition) is 5. The lowest BCUT2D eigenvalue weighted by Crippen LogP contribution is -2.39. The maximum Gasteiger partial charge on any atom is 0.340 e. The molecule has 0 aliphatic carbocycles. The molecule has 0 spiro atoms. The van der Waals surface area contributed by atoms with Crippen LogP contribution >= 0.6 is 0 Å². The molecule has 17 heavy (non-hydrogen) atoms. The number of esters is 1. The smallest absolute Gasteiger partial charge is 0.340 e. The van der Waals surface area contributed by atoms with E-state index in [9.17, 15) is 4.79 Å². The van der Waals surface area contributed by atoms with Crippen molar-refractivity contribution >= 4 is 5.97 Å². The predicted octanol–water partition coefficient (Wildman–Crippen LogP) is 1.74. The van der Waals surface area contributed by atoms with Crippen molar-refractivity contribution in [3.05, 3.63) is 0 Å². The third-order valence-corrected chi connectivity index (χ3v) is 2.12. The molecule has 3 unspecified atom stereocenters. The van der Waals surface area contributed by atoms with Crippen molar-refractivity contribution in [1.29, 1.82) is 0 Å². The van der Waals surface area contributed by atoms with Gasteiger partial charge in [0.25, 0.3) is 0 Å². The Hall–Kier alpha value is -0.650. The monoisotopic (exact) mass is 248 g/mol. The molecule has 0 saturated heterocycles. The first-order chi connectivity index (χ1) is 8.06. The van der Waals surface area contributed by atoms with Gasteiger partial charge in [0.2, 0.25) is 0 Å². The third-order valence-electron chi connectivity index (χ3n) is 2.12. The Kier molecular flexibility index (Phi) is 9.03. The lowest BCUT2D eigenvalue weighted by Gasteiger charge is -2.23. The molecule has 0 saturated carbocycles. The van der Waals surface area contributed by atoms with E-state index in [0.717, 1.165) is 0 Å². The summed E-state index contributed by atoms with van der Waals surface area (Å²) in [5.41, 5.74) is 0. The molecule has 5 nitrogen and oxygen atoms in total. The van der Waals surface area contributed by atoms with E-state index in [4.69, 9.17) is 18.9 Å². The number of ether oxygens (including phenoxy) is 4. The number of rotatable bonds is 9. The van der Waals surface area contributed by atoms with E-state index in [1.165, 1.54) is 0 Å². The number of hydrogen-bond donors (Lipinski definition) is 0. The van der Waals surface area contributed by atoms with Crippen molar-refractivity contribution < 1.29 is 23.7 Å². The van der Waals surface area contributed by atoms with Crippen LogP contribution in [0, 0.1) is 0 Å². The molecular weight excluding hydrogens is 224 g/mol. The third kappa shape index (κ3) is 6.61. The van der Waals surface area contributed by atoms with E-state index >= 15 is 0 Å². The molecule has 0 amide bonds. The standard InChI is InChI=1S/C12H24O5/c1-6-14-9(4)11(16-8-3)12(13)17-10(5)15-7-2/h9-11H,6-8H2,1-5H3. The highest BCUT2D eigenvalue weighted by molar-refractivity contribution is 5.75. The van der Waals surface area contributed by atoms with Gasteiger partial charge in [0.15, 0.2) is 12.4 Å². The van der Waals surface area contributed by atoms with E-state index in [2.05, 4.69) is 0 Å². The molecular formula is C12H24O5. The Bertz CT molecular complexity index is 207. The molecule has 0 aromatic rings. The van der Waals surface area contributed by atoms with Crippen LogP contribution in [0.1, 0.15) is 34.6 Å². The zero-order valence-corrected chi connectivity index (χ0v) is 11.4. The van der Waals surface area contributed by atoms with E-state index in [1.54, 1.807) is 13.8 Å². The van der Waals surface area contributed by atoms with Crippen LogP contribution in [-0.4, -0.2) is 44.3 Å². The summed E-state index contributed by atoms with van der Waals surface area (Å²) in [6, 6.07) is 0. The fourth-order valence-electron chi connectivity index (χ4n) is 1.42. The largest absolute Gasteiger partial charge is 0.434 e. The zero-order chi connectivity index (χ0) is 13.3. The van der Waals surface area contributed by atoms with Crippen LogP contribution in [0.3, 0.4) is 0 Å². The Labute approximate surface area is 103 Å².